The molecule has 0 aliphatic carbocycles. The lowest BCUT2D eigenvalue weighted by Gasteiger charge is -2.06. The monoisotopic (exact) mass is 422 g/mol. The molecular formula is C21H30N10. The first kappa shape index (κ1) is 21.0. The molecule has 0 saturated carbocycles. The maximum Gasteiger partial charge on any atom is 0.165 e. The number of imidazole rings is 2. The van der Waals surface area contributed by atoms with Gasteiger partial charge in [-0.3, -0.25) is 0 Å². The first-order valence-corrected chi connectivity index (χ1v) is 11.0. The van der Waals surface area contributed by atoms with E-state index >= 15 is 0 Å². The fourth-order valence-electron chi connectivity index (χ4n) is 3.90. The summed E-state index contributed by atoms with van der Waals surface area (Å²) in [6, 6.07) is 0. The van der Waals surface area contributed by atoms with Crippen LogP contribution in [0.25, 0.3) is 22.3 Å². The highest BCUT2D eigenvalue weighted by atomic mass is 15.1. The Bertz CT molecular complexity index is 1030. The summed E-state index contributed by atoms with van der Waals surface area (Å²) in [4.78, 5) is 26.1. The van der Waals surface area contributed by atoms with Crippen LogP contribution in [-0.4, -0.2) is 53.1 Å². The van der Waals surface area contributed by atoms with E-state index in [9.17, 15) is 0 Å². The molecule has 0 amide bonds. The Morgan fingerprint density at radius 1 is 0.581 bits per heavy atom. The molecule has 0 bridgehead atoms. The number of rotatable bonds is 12. The molecule has 0 aromatic carbocycles. The van der Waals surface area contributed by atoms with Crippen LogP contribution in [-0.2, 0) is 13.1 Å². The van der Waals surface area contributed by atoms with Gasteiger partial charge in [0.1, 0.15) is 23.7 Å². The Morgan fingerprint density at radius 2 is 1.00 bits per heavy atom. The zero-order chi connectivity index (χ0) is 21.5. The minimum Gasteiger partial charge on any atom is -0.371 e. The summed E-state index contributed by atoms with van der Waals surface area (Å²) < 4.78 is 4.24. The lowest BCUT2D eigenvalue weighted by molar-refractivity contribution is 0.532. The predicted molar refractivity (Wildman–Crippen MR) is 122 cm³/mol. The van der Waals surface area contributed by atoms with Gasteiger partial charge >= 0.3 is 0 Å². The number of anilines is 2. The maximum absolute atomic E-state index is 4.45. The molecule has 4 rings (SSSR count). The summed E-state index contributed by atoms with van der Waals surface area (Å²) in [7, 11) is 3.71. The van der Waals surface area contributed by atoms with Crippen LogP contribution < -0.4 is 10.6 Å². The van der Waals surface area contributed by atoms with Gasteiger partial charge in [-0.25, -0.2) is 29.9 Å². The molecule has 0 radical (unpaired) electrons. The number of hydrogen-bond donors (Lipinski definition) is 2. The Morgan fingerprint density at radius 3 is 1.42 bits per heavy atom. The molecule has 0 spiro atoms. The van der Waals surface area contributed by atoms with E-state index in [2.05, 4.69) is 49.7 Å². The van der Waals surface area contributed by atoms with E-state index in [1.165, 1.54) is 32.1 Å². The van der Waals surface area contributed by atoms with Crippen molar-refractivity contribution >= 4 is 34.0 Å². The van der Waals surface area contributed by atoms with Gasteiger partial charge in [0.25, 0.3) is 0 Å². The van der Waals surface area contributed by atoms with Crippen molar-refractivity contribution in [3.8, 4) is 0 Å². The highest BCUT2D eigenvalue weighted by molar-refractivity contribution is 5.83. The summed E-state index contributed by atoms with van der Waals surface area (Å²) in [5, 5.41) is 6.13. The summed E-state index contributed by atoms with van der Waals surface area (Å²) in [5.74, 6) is 1.56. The topological polar surface area (TPSA) is 111 Å². The number of aromatic nitrogens is 8. The van der Waals surface area contributed by atoms with Gasteiger partial charge < -0.3 is 19.8 Å². The van der Waals surface area contributed by atoms with Crippen LogP contribution >= 0.6 is 0 Å². The van der Waals surface area contributed by atoms with Gasteiger partial charge in [-0.05, 0) is 12.8 Å². The normalized spacial score (nSPS) is 11.4. The van der Waals surface area contributed by atoms with Crippen LogP contribution in [0.1, 0.15) is 44.9 Å². The van der Waals surface area contributed by atoms with Crippen LogP contribution in [0.4, 0.5) is 11.6 Å². The van der Waals surface area contributed by atoms with E-state index in [1.54, 1.807) is 12.7 Å². The molecule has 10 heteroatoms. The second kappa shape index (κ2) is 10.1. The lowest BCUT2D eigenvalue weighted by Crippen LogP contribution is -2.00. The molecule has 4 aromatic rings. The Balaban J connectivity index is 1.12. The van der Waals surface area contributed by atoms with E-state index in [-0.39, 0.29) is 0 Å². The number of hydrogen-bond acceptors (Lipinski definition) is 8. The quantitative estimate of drug-likeness (QED) is 0.334. The average molecular weight is 423 g/mol. The second-order valence-electron chi connectivity index (χ2n) is 7.64. The van der Waals surface area contributed by atoms with Crippen molar-refractivity contribution in [2.24, 2.45) is 0 Å². The standard InChI is InChI=1S/C21H30N10/c1-22-18-16-20(26-12-24-18)30(14-28-16)10-8-6-4-3-5-7-9-11-31-15-29-17-19(23-2)25-13-27-21(17)31/h12-15H,3-11H2,1-2H3,(H,22,24,26)(H,23,25,27). The molecule has 2 N–H and O–H groups in total. The molecular weight excluding hydrogens is 392 g/mol. The van der Waals surface area contributed by atoms with Gasteiger partial charge in [0.05, 0.1) is 12.7 Å². The van der Waals surface area contributed by atoms with Crippen LogP contribution in [0.3, 0.4) is 0 Å². The van der Waals surface area contributed by atoms with Gasteiger partial charge in [-0.2, -0.15) is 0 Å². The van der Waals surface area contributed by atoms with E-state index in [1.807, 2.05) is 26.7 Å². The fourth-order valence-corrected chi connectivity index (χ4v) is 3.90. The second-order valence-corrected chi connectivity index (χ2v) is 7.64. The van der Waals surface area contributed by atoms with Crippen LogP contribution in [0.5, 0.6) is 0 Å². The highest BCUT2D eigenvalue weighted by Gasteiger charge is 2.09. The van der Waals surface area contributed by atoms with Crippen LogP contribution in [0.15, 0.2) is 25.3 Å². The van der Waals surface area contributed by atoms with Crippen molar-refractivity contribution in [3.63, 3.8) is 0 Å². The summed E-state index contributed by atoms with van der Waals surface area (Å²) in [6.07, 6.45) is 15.4. The van der Waals surface area contributed by atoms with Crippen molar-refractivity contribution in [3.05, 3.63) is 25.3 Å². The first-order valence-electron chi connectivity index (χ1n) is 11.0. The SMILES string of the molecule is CNc1ncnc2c1ncn2CCCCCCCCCn1cnc2c(NC)ncnc21. The molecule has 10 nitrogen and oxygen atoms in total. The molecule has 4 aromatic heterocycles. The predicted octanol–water partition coefficient (Wildman–Crippen LogP) is 3.48. The number of aryl methyl sites for hydroxylation is 2. The fraction of sp³-hybridized carbons (Fsp3) is 0.524. The summed E-state index contributed by atoms with van der Waals surface area (Å²) in [6.45, 7) is 1.89. The molecule has 0 saturated heterocycles. The van der Waals surface area contributed by atoms with E-state index in [0.717, 1.165) is 59.9 Å². The Kier molecular flexibility index (Phi) is 6.85. The van der Waals surface area contributed by atoms with E-state index < -0.39 is 0 Å². The van der Waals surface area contributed by atoms with E-state index in [0.29, 0.717) is 0 Å². The molecule has 31 heavy (non-hydrogen) atoms. The minimum absolute atomic E-state index is 0.780. The molecule has 4 heterocycles. The van der Waals surface area contributed by atoms with Crippen molar-refractivity contribution in [1.29, 1.82) is 0 Å². The Labute approximate surface area is 181 Å². The third kappa shape index (κ3) is 4.73. The van der Waals surface area contributed by atoms with Gasteiger partial charge in [0, 0.05) is 27.2 Å². The lowest BCUT2D eigenvalue weighted by atomic mass is 10.1. The molecule has 0 aliphatic rings. The molecule has 0 fully saturated rings. The van der Waals surface area contributed by atoms with Crippen molar-refractivity contribution < 1.29 is 0 Å². The molecule has 0 atom stereocenters. The van der Waals surface area contributed by atoms with Crippen LogP contribution in [0, 0.1) is 0 Å². The smallest absolute Gasteiger partial charge is 0.165 e. The third-order valence-electron chi connectivity index (χ3n) is 5.57. The number of nitrogens with one attached hydrogen (secondary N) is 2. The highest BCUT2D eigenvalue weighted by Crippen LogP contribution is 2.19. The number of unbranched alkanes of at least 4 members (excludes halogenated alkanes) is 6. The molecule has 0 unspecified atom stereocenters. The summed E-state index contributed by atoms with van der Waals surface area (Å²) in [5.41, 5.74) is 3.48. The van der Waals surface area contributed by atoms with Crippen molar-refractivity contribution in [1.82, 2.24) is 39.0 Å². The Hall–Kier alpha value is -3.30. The van der Waals surface area contributed by atoms with Gasteiger partial charge in [0.15, 0.2) is 22.9 Å². The van der Waals surface area contributed by atoms with Crippen molar-refractivity contribution in [2.45, 2.75) is 58.0 Å². The third-order valence-corrected chi connectivity index (χ3v) is 5.57. The zero-order valence-electron chi connectivity index (χ0n) is 18.3. The molecule has 0 aliphatic heterocycles. The summed E-state index contributed by atoms with van der Waals surface area (Å²) >= 11 is 0. The van der Waals surface area contributed by atoms with Crippen LogP contribution in [0.2, 0.25) is 0 Å². The number of fused-ring (bicyclic) bond motifs is 2. The molecule has 164 valence electrons. The first-order chi connectivity index (χ1) is 15.3. The maximum atomic E-state index is 4.45. The zero-order valence-corrected chi connectivity index (χ0v) is 18.3. The average Bonchev–Trinajstić information content (AvgIpc) is 3.42. The van der Waals surface area contributed by atoms with Crippen molar-refractivity contribution in [2.75, 3.05) is 24.7 Å². The van der Waals surface area contributed by atoms with E-state index in [4.69, 9.17) is 0 Å². The van der Waals surface area contributed by atoms with Gasteiger partial charge in [0.2, 0.25) is 0 Å². The van der Waals surface area contributed by atoms with Gasteiger partial charge in [-0.1, -0.05) is 32.1 Å². The largest absolute Gasteiger partial charge is 0.371 e. The number of nitrogens with zero attached hydrogens (tertiary/aromatic N) is 8. The minimum atomic E-state index is 0.780. The van der Waals surface area contributed by atoms with Gasteiger partial charge in [-0.15, -0.1) is 0 Å².